The third-order valence-corrected chi connectivity index (χ3v) is 3.90. The van der Waals surface area contributed by atoms with E-state index < -0.39 is 23.4 Å². The molecule has 0 aliphatic heterocycles. The van der Waals surface area contributed by atoms with Gasteiger partial charge in [0.1, 0.15) is 12.1 Å². The fourth-order valence-corrected chi connectivity index (χ4v) is 2.54. The zero-order valence-electron chi connectivity index (χ0n) is 13.5. The van der Waals surface area contributed by atoms with Crippen LogP contribution in [0.4, 0.5) is 18.9 Å². The van der Waals surface area contributed by atoms with Gasteiger partial charge in [0.2, 0.25) is 5.71 Å². The fraction of sp³-hybridized carbons (Fsp3) is 0.125. The number of thiophene rings is 1. The molecule has 7 nitrogen and oxygen atoms in total. The molecule has 1 N–H and O–H groups in total. The maximum atomic E-state index is 13.0. The van der Waals surface area contributed by atoms with Gasteiger partial charge in [-0.05, 0) is 29.6 Å². The van der Waals surface area contributed by atoms with Crippen molar-refractivity contribution in [3.8, 4) is 23.6 Å². The van der Waals surface area contributed by atoms with Crippen molar-refractivity contribution in [2.45, 2.75) is 6.18 Å². The number of alkyl halides is 3. The first-order valence-corrected chi connectivity index (χ1v) is 7.87. The van der Waals surface area contributed by atoms with Crippen LogP contribution < -0.4 is 10.2 Å². The number of nitriles is 2. The minimum atomic E-state index is -4.63. The minimum absolute atomic E-state index is 0.0689. The molecule has 0 saturated carbocycles. The average Bonchev–Trinajstić information content (AvgIpc) is 3.10. The van der Waals surface area contributed by atoms with Crippen molar-refractivity contribution >= 4 is 28.7 Å². The molecule has 1 aromatic carbocycles. The number of esters is 1. The number of carbonyl (C=O) groups excluding carboxylic acids is 1. The Morgan fingerprint density at radius 1 is 1.22 bits per heavy atom. The van der Waals surface area contributed by atoms with Crippen molar-refractivity contribution in [3.05, 3.63) is 40.1 Å². The summed E-state index contributed by atoms with van der Waals surface area (Å²) < 4.78 is 49.0. The Kier molecular flexibility index (Phi) is 6.00. The summed E-state index contributed by atoms with van der Waals surface area (Å²) in [5, 5.41) is 22.3. The molecule has 138 valence electrons. The molecular weight excluding hydrogens is 385 g/mol. The third kappa shape index (κ3) is 4.74. The molecule has 0 spiro atoms. The van der Waals surface area contributed by atoms with Crippen LogP contribution in [0.3, 0.4) is 0 Å². The number of nitrogens with zero attached hydrogens (tertiary/aromatic N) is 3. The highest BCUT2D eigenvalue weighted by molar-refractivity contribution is 7.12. The summed E-state index contributed by atoms with van der Waals surface area (Å²) >= 11 is 1.03. The first-order chi connectivity index (χ1) is 12.8. The Bertz CT molecular complexity index is 955. The lowest BCUT2D eigenvalue weighted by Crippen LogP contribution is -2.07. The minimum Gasteiger partial charge on any atom is -0.465 e. The fourth-order valence-electron chi connectivity index (χ4n) is 1.81. The number of benzene rings is 1. The quantitative estimate of drug-likeness (QED) is 0.463. The normalized spacial score (nSPS) is 10.3. The molecule has 11 heteroatoms. The van der Waals surface area contributed by atoms with E-state index in [0.717, 1.165) is 23.5 Å². The van der Waals surface area contributed by atoms with Crippen molar-refractivity contribution in [2.24, 2.45) is 5.10 Å². The van der Waals surface area contributed by atoms with E-state index in [4.69, 9.17) is 15.3 Å². The van der Waals surface area contributed by atoms with Gasteiger partial charge in [0, 0.05) is 0 Å². The van der Waals surface area contributed by atoms with Crippen LogP contribution in [0.1, 0.15) is 15.2 Å². The lowest BCUT2D eigenvalue weighted by Gasteiger charge is -2.14. The molecule has 0 bridgehead atoms. The summed E-state index contributed by atoms with van der Waals surface area (Å²) in [5.41, 5.74) is 0.361. The molecule has 2 rings (SSSR count). The first-order valence-electron chi connectivity index (χ1n) is 6.99. The number of methoxy groups -OCH3 is 1. The molecule has 0 aliphatic rings. The Morgan fingerprint density at radius 2 is 1.93 bits per heavy atom. The number of ether oxygens (including phenoxy) is 2. The molecule has 0 saturated heterocycles. The molecule has 27 heavy (non-hydrogen) atoms. The molecule has 0 fully saturated rings. The highest BCUT2D eigenvalue weighted by Gasteiger charge is 2.31. The van der Waals surface area contributed by atoms with Gasteiger partial charge < -0.3 is 9.47 Å². The smallest absolute Gasteiger partial charge is 0.416 e. The topological polar surface area (TPSA) is 108 Å². The van der Waals surface area contributed by atoms with E-state index in [9.17, 15) is 18.0 Å². The van der Waals surface area contributed by atoms with E-state index in [1.165, 1.54) is 25.3 Å². The number of carbonyl (C=O) groups is 1. The summed E-state index contributed by atoms with van der Waals surface area (Å²) in [5.74, 6) is -0.708. The maximum absolute atomic E-state index is 13.0. The van der Waals surface area contributed by atoms with Crippen LogP contribution in [0.25, 0.3) is 0 Å². The molecule has 1 heterocycles. The molecular formula is C16H9F3N4O3S. The van der Waals surface area contributed by atoms with Gasteiger partial charge in [-0.15, -0.1) is 11.3 Å². The maximum Gasteiger partial charge on any atom is 0.416 e. The van der Waals surface area contributed by atoms with Crippen LogP contribution in [0.15, 0.2) is 34.7 Å². The van der Waals surface area contributed by atoms with E-state index in [1.54, 1.807) is 5.38 Å². The standard InChI is InChI=1S/C16H9F3N4O3S/c1-25-15(24)14-13(4-5-27-14)26-12-3-2-9(16(17,18)19)6-11(12)23-22-10(7-20)8-21/h2-6,23H,1H3. The molecule has 0 atom stereocenters. The van der Waals surface area contributed by atoms with Gasteiger partial charge in [-0.2, -0.15) is 28.8 Å². The second kappa shape index (κ2) is 8.21. The van der Waals surface area contributed by atoms with Crippen molar-refractivity contribution < 1.29 is 27.4 Å². The number of halogens is 3. The van der Waals surface area contributed by atoms with E-state index in [1.807, 2.05) is 0 Å². The van der Waals surface area contributed by atoms with Crippen molar-refractivity contribution in [3.63, 3.8) is 0 Å². The zero-order valence-corrected chi connectivity index (χ0v) is 14.3. The number of hydrogen-bond donors (Lipinski definition) is 1. The van der Waals surface area contributed by atoms with Gasteiger partial charge in [0.25, 0.3) is 0 Å². The Balaban J connectivity index is 2.45. The predicted octanol–water partition coefficient (Wildman–Crippen LogP) is 4.16. The van der Waals surface area contributed by atoms with Gasteiger partial charge in [0.05, 0.1) is 18.4 Å². The van der Waals surface area contributed by atoms with Gasteiger partial charge in [-0.25, -0.2) is 4.79 Å². The summed E-state index contributed by atoms with van der Waals surface area (Å²) in [6.45, 7) is 0. The van der Waals surface area contributed by atoms with Crippen LogP contribution in [0, 0.1) is 22.7 Å². The molecule has 0 unspecified atom stereocenters. The largest absolute Gasteiger partial charge is 0.465 e. The molecule has 0 amide bonds. The lowest BCUT2D eigenvalue weighted by molar-refractivity contribution is -0.137. The predicted molar refractivity (Wildman–Crippen MR) is 89.5 cm³/mol. The Hall–Kier alpha value is -3.57. The number of hydrogen-bond acceptors (Lipinski definition) is 8. The number of anilines is 1. The highest BCUT2D eigenvalue weighted by atomic mass is 32.1. The van der Waals surface area contributed by atoms with E-state index >= 15 is 0 Å². The van der Waals surface area contributed by atoms with Crippen LogP contribution in [-0.4, -0.2) is 18.8 Å². The molecule has 2 aromatic rings. The van der Waals surface area contributed by atoms with Gasteiger partial charge >= 0.3 is 12.1 Å². The van der Waals surface area contributed by atoms with Crippen molar-refractivity contribution in [1.82, 2.24) is 0 Å². The van der Waals surface area contributed by atoms with Gasteiger partial charge in [0.15, 0.2) is 16.4 Å². The Labute approximate surface area is 154 Å². The summed E-state index contributed by atoms with van der Waals surface area (Å²) in [6, 6.07) is 6.89. The summed E-state index contributed by atoms with van der Waals surface area (Å²) in [6.07, 6.45) is -4.63. The lowest BCUT2D eigenvalue weighted by atomic mass is 10.2. The molecule has 1 aromatic heterocycles. The van der Waals surface area contributed by atoms with Crippen LogP contribution >= 0.6 is 11.3 Å². The summed E-state index contributed by atoms with van der Waals surface area (Å²) in [7, 11) is 1.18. The van der Waals surface area contributed by atoms with E-state index in [2.05, 4.69) is 15.3 Å². The second-order valence-corrected chi connectivity index (χ2v) is 5.63. The summed E-state index contributed by atoms with van der Waals surface area (Å²) in [4.78, 5) is 11.8. The molecule has 0 radical (unpaired) electrons. The van der Waals surface area contributed by atoms with Crippen LogP contribution in [-0.2, 0) is 10.9 Å². The van der Waals surface area contributed by atoms with Crippen LogP contribution in [0.5, 0.6) is 11.5 Å². The van der Waals surface area contributed by atoms with Gasteiger partial charge in [-0.1, -0.05) is 0 Å². The van der Waals surface area contributed by atoms with E-state index in [0.29, 0.717) is 6.07 Å². The van der Waals surface area contributed by atoms with Gasteiger partial charge in [-0.3, -0.25) is 5.43 Å². The highest BCUT2D eigenvalue weighted by Crippen LogP contribution is 2.38. The number of hydrazone groups is 1. The van der Waals surface area contributed by atoms with Crippen molar-refractivity contribution in [2.75, 3.05) is 12.5 Å². The first kappa shape index (κ1) is 19.8. The average molecular weight is 394 g/mol. The number of rotatable bonds is 5. The SMILES string of the molecule is COC(=O)c1sccc1Oc1ccc(C(F)(F)F)cc1NN=C(C#N)C#N. The zero-order chi connectivity index (χ0) is 20.0. The van der Waals surface area contributed by atoms with Crippen molar-refractivity contribution in [1.29, 1.82) is 10.5 Å². The Morgan fingerprint density at radius 3 is 2.52 bits per heavy atom. The monoisotopic (exact) mass is 394 g/mol. The van der Waals surface area contributed by atoms with Crippen LogP contribution in [0.2, 0.25) is 0 Å². The second-order valence-electron chi connectivity index (χ2n) is 4.71. The number of nitrogens with one attached hydrogen (secondary N) is 1. The molecule has 0 aliphatic carbocycles. The van der Waals surface area contributed by atoms with E-state index in [-0.39, 0.29) is 22.1 Å². The third-order valence-electron chi connectivity index (χ3n) is 3.03.